The summed E-state index contributed by atoms with van der Waals surface area (Å²) < 4.78 is 4.95. The highest BCUT2D eigenvalue weighted by molar-refractivity contribution is 5.33. The van der Waals surface area contributed by atoms with Gasteiger partial charge in [-0.25, -0.2) is 0 Å². The second-order valence-corrected chi connectivity index (χ2v) is 2.54. The average Bonchev–Trinajstić information content (AvgIpc) is 1.98. The van der Waals surface area contributed by atoms with Gasteiger partial charge < -0.3 is 9.84 Å². The molecule has 0 spiro atoms. The first-order valence-corrected chi connectivity index (χ1v) is 3.51. The lowest BCUT2D eigenvalue weighted by Gasteiger charge is -2.03. The van der Waals surface area contributed by atoms with Crippen molar-refractivity contribution in [3.05, 3.63) is 29.3 Å². The van der Waals surface area contributed by atoms with Crippen LogP contribution in [0.3, 0.4) is 0 Å². The highest BCUT2D eigenvalue weighted by Gasteiger charge is 1.97. The number of methoxy groups -OCH3 is 1. The first kappa shape index (κ1) is 8.08. The van der Waals surface area contributed by atoms with Crippen LogP contribution in [0.25, 0.3) is 0 Å². The van der Waals surface area contributed by atoms with Gasteiger partial charge in [0.25, 0.3) is 0 Å². The first-order valence-electron chi connectivity index (χ1n) is 3.51. The van der Waals surface area contributed by atoms with Crippen molar-refractivity contribution in [3.63, 3.8) is 0 Å². The molecule has 0 atom stereocenters. The maximum atomic E-state index is 9.11. The number of hydrogen-bond acceptors (Lipinski definition) is 2. The summed E-state index contributed by atoms with van der Waals surface area (Å²) in [7, 11) is 1.64. The minimum atomic E-state index is 0.294. The van der Waals surface area contributed by atoms with Crippen molar-refractivity contribution >= 4 is 0 Å². The molecular weight excluding hydrogens is 140 g/mol. The Morgan fingerprint density at radius 1 is 1.45 bits per heavy atom. The summed E-state index contributed by atoms with van der Waals surface area (Å²) in [5, 5.41) is 9.11. The van der Waals surface area contributed by atoms with E-state index in [9.17, 15) is 0 Å². The zero-order valence-electron chi connectivity index (χ0n) is 6.79. The molecule has 11 heavy (non-hydrogen) atoms. The molecule has 2 nitrogen and oxygen atoms in total. The van der Waals surface area contributed by atoms with E-state index in [2.05, 4.69) is 0 Å². The van der Waals surface area contributed by atoms with E-state index in [0.29, 0.717) is 12.4 Å². The lowest BCUT2D eigenvalue weighted by Crippen LogP contribution is -1.90. The zero-order chi connectivity index (χ0) is 8.27. The molecule has 0 amide bonds. The monoisotopic (exact) mass is 152 g/mol. The second-order valence-electron chi connectivity index (χ2n) is 2.54. The van der Waals surface area contributed by atoms with Crippen LogP contribution in [0.1, 0.15) is 11.1 Å². The molecule has 1 N–H and O–H groups in total. The van der Waals surface area contributed by atoms with Gasteiger partial charge in [0, 0.05) is 7.11 Å². The van der Waals surface area contributed by atoms with Crippen LogP contribution in [0.4, 0.5) is 0 Å². The van der Waals surface area contributed by atoms with Crippen molar-refractivity contribution in [2.75, 3.05) is 7.11 Å². The fourth-order valence-electron chi connectivity index (χ4n) is 0.969. The molecule has 1 aromatic carbocycles. The third-order valence-electron chi connectivity index (χ3n) is 1.63. The molecule has 0 aromatic heterocycles. The van der Waals surface area contributed by atoms with E-state index < -0.39 is 0 Å². The Balaban J connectivity index is 2.93. The first-order chi connectivity index (χ1) is 5.24. The molecule has 0 aliphatic rings. The molecule has 0 heterocycles. The number of benzene rings is 1. The zero-order valence-corrected chi connectivity index (χ0v) is 6.79. The van der Waals surface area contributed by atoms with Crippen molar-refractivity contribution in [2.45, 2.75) is 13.5 Å². The number of phenolic OH excluding ortho intramolecular Hbond substituents is 1. The largest absolute Gasteiger partial charge is 0.508 e. The molecule has 60 valence electrons. The van der Waals surface area contributed by atoms with Gasteiger partial charge in [-0.1, -0.05) is 6.07 Å². The lowest BCUT2D eigenvalue weighted by atomic mass is 10.1. The molecule has 1 rings (SSSR count). The van der Waals surface area contributed by atoms with Crippen LogP contribution in [-0.2, 0) is 11.3 Å². The van der Waals surface area contributed by atoms with Crippen LogP contribution in [-0.4, -0.2) is 12.2 Å². The fraction of sp³-hybridized carbons (Fsp3) is 0.333. The van der Waals surface area contributed by atoms with E-state index in [-0.39, 0.29) is 0 Å². The van der Waals surface area contributed by atoms with Gasteiger partial charge >= 0.3 is 0 Å². The van der Waals surface area contributed by atoms with Crippen molar-refractivity contribution in [1.29, 1.82) is 0 Å². The number of aromatic hydroxyl groups is 1. The van der Waals surface area contributed by atoms with Crippen molar-refractivity contribution < 1.29 is 9.84 Å². The summed E-state index contributed by atoms with van der Waals surface area (Å²) >= 11 is 0. The molecule has 0 unspecified atom stereocenters. The number of phenols is 1. The third-order valence-corrected chi connectivity index (χ3v) is 1.63. The number of aryl methyl sites for hydroxylation is 1. The van der Waals surface area contributed by atoms with Gasteiger partial charge in [-0.15, -0.1) is 0 Å². The molecule has 0 saturated carbocycles. The summed E-state index contributed by atoms with van der Waals surface area (Å²) in [4.78, 5) is 0. The van der Waals surface area contributed by atoms with Crippen LogP contribution >= 0.6 is 0 Å². The Morgan fingerprint density at radius 3 is 2.82 bits per heavy atom. The van der Waals surface area contributed by atoms with E-state index in [1.807, 2.05) is 13.0 Å². The topological polar surface area (TPSA) is 29.5 Å². The van der Waals surface area contributed by atoms with E-state index in [4.69, 9.17) is 9.84 Å². The molecule has 0 saturated heterocycles. The minimum absolute atomic E-state index is 0.294. The highest BCUT2D eigenvalue weighted by atomic mass is 16.5. The summed E-state index contributed by atoms with van der Waals surface area (Å²) in [5.74, 6) is 0.294. The Labute approximate surface area is 66.4 Å². The maximum Gasteiger partial charge on any atom is 0.115 e. The average molecular weight is 152 g/mol. The van der Waals surface area contributed by atoms with Gasteiger partial charge in [0.05, 0.1) is 6.61 Å². The highest BCUT2D eigenvalue weighted by Crippen LogP contribution is 2.15. The molecule has 1 aromatic rings. The molecule has 0 bridgehead atoms. The molecule has 0 aliphatic carbocycles. The molecule has 0 radical (unpaired) electrons. The van der Waals surface area contributed by atoms with E-state index in [1.165, 1.54) is 0 Å². The Bertz CT molecular complexity index is 243. The summed E-state index contributed by atoms with van der Waals surface area (Å²) in [5.41, 5.74) is 2.18. The number of rotatable bonds is 2. The molecule has 2 heteroatoms. The Morgan fingerprint density at radius 2 is 2.18 bits per heavy atom. The fourth-order valence-corrected chi connectivity index (χ4v) is 0.969. The van der Waals surface area contributed by atoms with Crippen LogP contribution in [0.15, 0.2) is 18.2 Å². The predicted octanol–water partition coefficient (Wildman–Crippen LogP) is 1.85. The van der Waals surface area contributed by atoms with Crippen LogP contribution in [0.2, 0.25) is 0 Å². The van der Waals surface area contributed by atoms with E-state index in [1.54, 1.807) is 19.2 Å². The number of ether oxygens (including phenoxy) is 1. The van der Waals surface area contributed by atoms with E-state index >= 15 is 0 Å². The van der Waals surface area contributed by atoms with Crippen molar-refractivity contribution in [1.82, 2.24) is 0 Å². The normalized spacial score (nSPS) is 10.0. The second kappa shape index (κ2) is 3.39. The van der Waals surface area contributed by atoms with Crippen LogP contribution in [0, 0.1) is 6.92 Å². The smallest absolute Gasteiger partial charge is 0.115 e. The SMILES string of the molecule is COCc1cc(O)ccc1C. The number of hydrogen-bond donors (Lipinski definition) is 1. The lowest BCUT2D eigenvalue weighted by molar-refractivity contribution is 0.184. The summed E-state index contributed by atoms with van der Waals surface area (Å²) in [6.45, 7) is 2.55. The van der Waals surface area contributed by atoms with Gasteiger partial charge in [-0.3, -0.25) is 0 Å². The predicted molar refractivity (Wildman–Crippen MR) is 43.6 cm³/mol. The molecule has 0 aliphatic heterocycles. The van der Waals surface area contributed by atoms with E-state index in [0.717, 1.165) is 11.1 Å². The summed E-state index contributed by atoms with van der Waals surface area (Å²) in [6, 6.07) is 5.27. The van der Waals surface area contributed by atoms with Gasteiger partial charge in [0.15, 0.2) is 0 Å². The third kappa shape index (κ3) is 1.95. The van der Waals surface area contributed by atoms with Gasteiger partial charge in [-0.05, 0) is 30.2 Å². The minimum Gasteiger partial charge on any atom is -0.508 e. The van der Waals surface area contributed by atoms with Gasteiger partial charge in [0.2, 0.25) is 0 Å². The Kier molecular flexibility index (Phi) is 2.49. The standard InChI is InChI=1S/C9H12O2/c1-7-3-4-9(10)5-8(7)6-11-2/h3-5,10H,6H2,1-2H3. The molecular formula is C9H12O2. The van der Waals surface area contributed by atoms with Gasteiger partial charge in [0.1, 0.15) is 5.75 Å². The quantitative estimate of drug-likeness (QED) is 0.700. The Hall–Kier alpha value is -1.02. The van der Waals surface area contributed by atoms with Crippen LogP contribution < -0.4 is 0 Å². The van der Waals surface area contributed by atoms with Gasteiger partial charge in [-0.2, -0.15) is 0 Å². The van der Waals surface area contributed by atoms with Crippen molar-refractivity contribution in [3.8, 4) is 5.75 Å². The van der Waals surface area contributed by atoms with Crippen molar-refractivity contribution in [2.24, 2.45) is 0 Å². The van der Waals surface area contributed by atoms with Crippen LogP contribution in [0.5, 0.6) is 5.75 Å². The molecule has 0 fully saturated rings. The maximum absolute atomic E-state index is 9.11. The summed E-state index contributed by atoms with van der Waals surface area (Å²) in [6.07, 6.45) is 0.